The molecule has 0 aliphatic carbocycles. The number of nitro groups is 1. The minimum atomic E-state index is -1.02. The van der Waals surface area contributed by atoms with Crippen molar-refractivity contribution in [1.82, 2.24) is 4.98 Å². The summed E-state index contributed by atoms with van der Waals surface area (Å²) < 4.78 is 29.4. The Labute approximate surface area is 152 Å². The first kappa shape index (κ1) is 18.1. The second-order valence-corrected chi connectivity index (χ2v) is 5.34. The van der Waals surface area contributed by atoms with E-state index < -0.39 is 22.4 Å². The Balaban J connectivity index is 2.08. The van der Waals surface area contributed by atoms with E-state index >= 15 is 0 Å². The van der Waals surface area contributed by atoms with Gasteiger partial charge in [0.25, 0.3) is 0 Å². The first-order chi connectivity index (χ1) is 12.9. The molecule has 1 heterocycles. The number of aromatic nitrogens is 1. The number of ether oxygens (including phenoxy) is 3. The minimum Gasteiger partial charge on any atom is -0.496 e. The number of benzene rings is 2. The van der Waals surface area contributed by atoms with Crippen LogP contribution in [0.3, 0.4) is 0 Å². The number of hydrogen-bond donors (Lipinski definition) is 0. The molecule has 0 saturated heterocycles. The Hall–Kier alpha value is -3.75. The van der Waals surface area contributed by atoms with Crippen molar-refractivity contribution in [2.45, 2.75) is 0 Å². The molecule has 0 amide bonds. The number of fused-ring (bicyclic) bond motifs is 1. The van der Waals surface area contributed by atoms with Crippen molar-refractivity contribution >= 4 is 22.6 Å². The zero-order valence-corrected chi connectivity index (χ0v) is 14.3. The molecule has 138 valence electrons. The van der Waals surface area contributed by atoms with Crippen molar-refractivity contribution in [3.8, 4) is 17.2 Å². The van der Waals surface area contributed by atoms with Crippen LogP contribution in [0.25, 0.3) is 10.9 Å². The Morgan fingerprint density at radius 1 is 1.15 bits per heavy atom. The third kappa shape index (κ3) is 3.47. The van der Waals surface area contributed by atoms with Crippen molar-refractivity contribution in [3.63, 3.8) is 0 Å². The standard InChI is InChI=1S/C18H13FN2O6/c1-25-17-9-14-11(8-12(17)18(22)26-2)16(5-6-20-14)27-10-3-4-15(21(23)24)13(19)7-10/h3-9H,1-2H3. The maximum atomic E-state index is 13.8. The summed E-state index contributed by atoms with van der Waals surface area (Å²) in [4.78, 5) is 26.1. The monoisotopic (exact) mass is 372 g/mol. The third-order valence-electron chi connectivity index (χ3n) is 3.77. The molecule has 2 aromatic carbocycles. The van der Waals surface area contributed by atoms with Gasteiger partial charge in [0.15, 0.2) is 0 Å². The number of hydrogen-bond acceptors (Lipinski definition) is 7. The molecule has 0 unspecified atom stereocenters. The fourth-order valence-electron chi connectivity index (χ4n) is 2.50. The van der Waals surface area contributed by atoms with Gasteiger partial charge in [0.05, 0.1) is 24.7 Å². The van der Waals surface area contributed by atoms with E-state index in [0.717, 1.165) is 12.1 Å². The van der Waals surface area contributed by atoms with Crippen LogP contribution in [0.5, 0.6) is 17.2 Å². The van der Waals surface area contributed by atoms with Crippen LogP contribution in [0.2, 0.25) is 0 Å². The molecule has 0 spiro atoms. The zero-order valence-electron chi connectivity index (χ0n) is 14.3. The average Bonchev–Trinajstić information content (AvgIpc) is 2.66. The second-order valence-electron chi connectivity index (χ2n) is 5.34. The predicted molar refractivity (Wildman–Crippen MR) is 92.8 cm³/mol. The number of carbonyl (C=O) groups is 1. The van der Waals surface area contributed by atoms with E-state index in [9.17, 15) is 19.3 Å². The fourth-order valence-corrected chi connectivity index (χ4v) is 2.50. The van der Waals surface area contributed by atoms with Gasteiger partial charge in [-0.3, -0.25) is 15.1 Å². The van der Waals surface area contributed by atoms with Crippen molar-refractivity contribution in [1.29, 1.82) is 0 Å². The molecule has 3 aromatic rings. The van der Waals surface area contributed by atoms with Gasteiger partial charge in [-0.1, -0.05) is 0 Å². The lowest BCUT2D eigenvalue weighted by Crippen LogP contribution is -2.04. The largest absolute Gasteiger partial charge is 0.496 e. The summed E-state index contributed by atoms with van der Waals surface area (Å²) in [6, 6.07) is 7.76. The summed E-state index contributed by atoms with van der Waals surface area (Å²) in [5.74, 6) is -1.01. The molecule has 0 aliphatic heterocycles. The van der Waals surface area contributed by atoms with Crippen LogP contribution < -0.4 is 9.47 Å². The minimum absolute atomic E-state index is 0.0565. The van der Waals surface area contributed by atoms with Crippen molar-refractivity contribution in [2.24, 2.45) is 0 Å². The average molecular weight is 372 g/mol. The Bertz CT molecular complexity index is 1050. The Kier molecular flexibility index (Phi) is 4.84. The van der Waals surface area contributed by atoms with Gasteiger partial charge in [-0.2, -0.15) is 4.39 Å². The van der Waals surface area contributed by atoms with E-state index in [-0.39, 0.29) is 22.8 Å². The molecular weight excluding hydrogens is 359 g/mol. The first-order valence-electron chi connectivity index (χ1n) is 7.61. The number of halogens is 1. The fraction of sp³-hybridized carbons (Fsp3) is 0.111. The molecular formula is C18H13FN2O6. The number of rotatable bonds is 5. The molecule has 0 radical (unpaired) electrons. The van der Waals surface area contributed by atoms with E-state index in [1.807, 2.05) is 0 Å². The third-order valence-corrected chi connectivity index (χ3v) is 3.77. The molecule has 0 saturated carbocycles. The van der Waals surface area contributed by atoms with Crippen LogP contribution in [0, 0.1) is 15.9 Å². The zero-order chi connectivity index (χ0) is 19.6. The highest BCUT2D eigenvalue weighted by molar-refractivity contribution is 5.99. The molecule has 9 heteroatoms. The summed E-state index contributed by atoms with van der Waals surface area (Å²) in [7, 11) is 2.65. The molecule has 0 N–H and O–H groups in total. The number of methoxy groups -OCH3 is 2. The van der Waals surface area contributed by atoms with Gasteiger partial charge in [0, 0.05) is 29.8 Å². The molecule has 0 aliphatic rings. The second kappa shape index (κ2) is 7.24. The topological polar surface area (TPSA) is 101 Å². The van der Waals surface area contributed by atoms with Crippen molar-refractivity contribution < 1.29 is 28.3 Å². The number of pyridine rings is 1. The highest BCUT2D eigenvalue weighted by atomic mass is 19.1. The van der Waals surface area contributed by atoms with Gasteiger partial charge in [-0.15, -0.1) is 0 Å². The molecule has 0 atom stereocenters. The summed E-state index contributed by atoms with van der Waals surface area (Å²) in [6.07, 6.45) is 1.47. The summed E-state index contributed by atoms with van der Waals surface area (Å²) in [5, 5.41) is 11.2. The van der Waals surface area contributed by atoms with Gasteiger partial charge >= 0.3 is 11.7 Å². The predicted octanol–water partition coefficient (Wildman–Crippen LogP) is 3.87. The maximum absolute atomic E-state index is 13.8. The van der Waals surface area contributed by atoms with E-state index in [4.69, 9.17) is 14.2 Å². The maximum Gasteiger partial charge on any atom is 0.341 e. The smallest absolute Gasteiger partial charge is 0.341 e. The van der Waals surface area contributed by atoms with Gasteiger partial charge in [0.1, 0.15) is 22.8 Å². The van der Waals surface area contributed by atoms with E-state index in [2.05, 4.69) is 4.98 Å². The highest BCUT2D eigenvalue weighted by Crippen LogP contribution is 2.34. The Morgan fingerprint density at radius 3 is 2.56 bits per heavy atom. The molecule has 8 nitrogen and oxygen atoms in total. The lowest BCUT2D eigenvalue weighted by molar-refractivity contribution is -0.387. The molecule has 1 aromatic heterocycles. The van der Waals surface area contributed by atoms with E-state index in [1.165, 1.54) is 38.6 Å². The molecule has 0 fully saturated rings. The first-order valence-corrected chi connectivity index (χ1v) is 7.61. The summed E-state index contributed by atoms with van der Waals surface area (Å²) in [6.45, 7) is 0. The number of esters is 1. The van der Waals surface area contributed by atoms with E-state index in [0.29, 0.717) is 10.9 Å². The van der Waals surface area contributed by atoms with E-state index in [1.54, 1.807) is 6.07 Å². The Morgan fingerprint density at radius 2 is 1.93 bits per heavy atom. The van der Waals surface area contributed by atoms with Crippen LogP contribution in [0.1, 0.15) is 10.4 Å². The van der Waals surface area contributed by atoms with Gasteiger partial charge in [0.2, 0.25) is 5.82 Å². The van der Waals surface area contributed by atoms with Crippen LogP contribution in [0.4, 0.5) is 10.1 Å². The number of carbonyl (C=O) groups excluding carboxylic acids is 1. The molecule has 27 heavy (non-hydrogen) atoms. The summed E-state index contributed by atoms with van der Waals surface area (Å²) in [5.41, 5.74) is -0.0146. The summed E-state index contributed by atoms with van der Waals surface area (Å²) >= 11 is 0. The van der Waals surface area contributed by atoms with Gasteiger partial charge in [-0.25, -0.2) is 4.79 Å². The number of nitrogens with zero attached hydrogens (tertiary/aromatic N) is 2. The van der Waals surface area contributed by atoms with Gasteiger partial charge < -0.3 is 14.2 Å². The lowest BCUT2D eigenvalue weighted by Gasteiger charge is -2.12. The van der Waals surface area contributed by atoms with Crippen LogP contribution in [0.15, 0.2) is 42.6 Å². The number of nitro benzene ring substituents is 1. The van der Waals surface area contributed by atoms with Crippen LogP contribution in [-0.2, 0) is 4.74 Å². The van der Waals surface area contributed by atoms with Crippen LogP contribution >= 0.6 is 0 Å². The normalized spacial score (nSPS) is 10.5. The quantitative estimate of drug-likeness (QED) is 0.381. The van der Waals surface area contributed by atoms with Crippen LogP contribution in [-0.4, -0.2) is 30.1 Å². The SMILES string of the molecule is COC(=O)c1cc2c(Oc3ccc([N+](=O)[O-])c(F)c3)ccnc2cc1OC. The molecule has 3 rings (SSSR count). The highest BCUT2D eigenvalue weighted by Gasteiger charge is 2.18. The van der Waals surface area contributed by atoms with Crippen molar-refractivity contribution in [2.75, 3.05) is 14.2 Å². The lowest BCUT2D eigenvalue weighted by atomic mass is 10.1. The molecule has 0 bridgehead atoms. The van der Waals surface area contributed by atoms with Gasteiger partial charge in [-0.05, 0) is 18.2 Å². The van der Waals surface area contributed by atoms with Crippen molar-refractivity contribution in [3.05, 3.63) is 64.1 Å².